The van der Waals surface area contributed by atoms with Gasteiger partial charge in [-0.15, -0.1) is 0 Å². The second-order valence-corrected chi connectivity index (χ2v) is 6.13. The van der Waals surface area contributed by atoms with Crippen LogP contribution < -0.4 is 0 Å². The zero-order chi connectivity index (χ0) is 18.7. The topological polar surface area (TPSA) is 60.7 Å². The Kier molecular flexibility index (Phi) is 5.01. The Bertz CT molecular complexity index is 934. The van der Waals surface area contributed by atoms with Crippen molar-refractivity contribution in [3.63, 3.8) is 0 Å². The van der Waals surface area contributed by atoms with Gasteiger partial charge in [0.05, 0.1) is 23.6 Å². The fourth-order valence-electron chi connectivity index (χ4n) is 2.71. The van der Waals surface area contributed by atoms with Crippen molar-refractivity contribution >= 4 is 16.7 Å². The van der Waals surface area contributed by atoms with Crippen LogP contribution in [-0.4, -0.2) is 31.7 Å². The number of fused-ring (bicyclic) bond motifs is 1. The van der Waals surface area contributed by atoms with Crippen molar-refractivity contribution in [1.29, 1.82) is 0 Å². The maximum atomic E-state index is 12.1. The van der Waals surface area contributed by atoms with Crippen LogP contribution in [0.25, 0.3) is 16.6 Å². The first kappa shape index (κ1) is 18.0. The number of aryl methyl sites for hydroxylation is 1. The van der Waals surface area contributed by atoms with Gasteiger partial charge in [0.2, 0.25) is 0 Å². The highest BCUT2D eigenvalue weighted by Crippen LogP contribution is 2.23. The van der Waals surface area contributed by atoms with Crippen LogP contribution in [0.15, 0.2) is 36.8 Å². The molecule has 3 aromatic rings. The molecule has 0 amide bonds. The van der Waals surface area contributed by atoms with Gasteiger partial charge >= 0.3 is 6.18 Å². The Hall–Kier alpha value is -2.77. The average Bonchev–Trinajstić information content (AvgIpc) is 2.96. The molecule has 3 aromatic heterocycles. The molecule has 8 heteroatoms. The highest BCUT2D eigenvalue weighted by atomic mass is 19.4. The largest absolute Gasteiger partial charge is 0.389 e. The smallest absolute Gasteiger partial charge is 0.299 e. The van der Waals surface area contributed by atoms with Crippen molar-refractivity contribution in [2.24, 2.45) is 0 Å². The zero-order valence-electron chi connectivity index (χ0n) is 14.1. The molecule has 0 atom stereocenters. The molecule has 3 rings (SSSR count). The van der Waals surface area contributed by atoms with E-state index < -0.39 is 12.6 Å². The number of carbonyl (C=O) groups excluding carboxylic acids is 1. The van der Waals surface area contributed by atoms with Gasteiger partial charge in [-0.1, -0.05) is 0 Å². The molecular formula is C18H17F3N4O. The van der Waals surface area contributed by atoms with E-state index in [2.05, 4.69) is 15.1 Å². The first-order valence-electron chi connectivity index (χ1n) is 8.16. The Morgan fingerprint density at radius 2 is 2.00 bits per heavy atom. The van der Waals surface area contributed by atoms with Gasteiger partial charge in [0.15, 0.2) is 0 Å². The third kappa shape index (κ3) is 4.44. The van der Waals surface area contributed by atoms with Crippen LogP contribution in [0, 0.1) is 6.92 Å². The summed E-state index contributed by atoms with van der Waals surface area (Å²) in [4.78, 5) is 20.3. The Morgan fingerprint density at radius 3 is 2.73 bits per heavy atom. The summed E-state index contributed by atoms with van der Waals surface area (Å²) in [5.74, 6) is -0.252. The number of nitrogens with zero attached hydrogens (tertiary/aromatic N) is 4. The number of ketones is 1. The van der Waals surface area contributed by atoms with Crippen LogP contribution in [0.5, 0.6) is 0 Å². The molecular weight excluding hydrogens is 345 g/mol. The second kappa shape index (κ2) is 7.23. The van der Waals surface area contributed by atoms with E-state index in [0.29, 0.717) is 5.69 Å². The van der Waals surface area contributed by atoms with Crippen LogP contribution in [0.4, 0.5) is 13.2 Å². The number of halogens is 3. The summed E-state index contributed by atoms with van der Waals surface area (Å²) in [5.41, 5.74) is 3.02. The van der Waals surface area contributed by atoms with Gasteiger partial charge in [-0.25, -0.2) is 4.68 Å². The van der Waals surface area contributed by atoms with Gasteiger partial charge in [0, 0.05) is 42.2 Å². The van der Waals surface area contributed by atoms with E-state index in [1.165, 1.54) is 0 Å². The summed E-state index contributed by atoms with van der Waals surface area (Å²) < 4.78 is 38.1. The maximum Gasteiger partial charge on any atom is 0.389 e. The molecule has 0 aromatic carbocycles. The normalized spacial score (nSPS) is 11.8. The molecule has 0 saturated carbocycles. The number of alkyl halides is 3. The molecule has 0 spiro atoms. The van der Waals surface area contributed by atoms with Crippen LogP contribution in [0.1, 0.15) is 30.7 Å². The molecule has 0 N–H and O–H groups in total. The van der Waals surface area contributed by atoms with Crippen LogP contribution in [0.2, 0.25) is 0 Å². The lowest BCUT2D eigenvalue weighted by Gasteiger charge is -2.06. The predicted molar refractivity (Wildman–Crippen MR) is 90.0 cm³/mol. The number of pyridine rings is 2. The van der Waals surface area contributed by atoms with E-state index >= 15 is 0 Å². The van der Waals surface area contributed by atoms with E-state index in [1.54, 1.807) is 29.3 Å². The van der Waals surface area contributed by atoms with E-state index in [0.717, 1.165) is 22.3 Å². The number of rotatable bonds is 6. The quantitative estimate of drug-likeness (QED) is 0.666. The molecule has 0 aliphatic heterocycles. The summed E-state index contributed by atoms with van der Waals surface area (Å²) >= 11 is 0. The Labute approximate surface area is 147 Å². The molecule has 136 valence electrons. The highest BCUT2D eigenvalue weighted by Gasteiger charge is 2.26. The van der Waals surface area contributed by atoms with Gasteiger partial charge in [-0.2, -0.15) is 18.3 Å². The maximum absolute atomic E-state index is 12.1. The summed E-state index contributed by atoms with van der Waals surface area (Å²) in [5, 5.41) is 5.16. The first-order chi connectivity index (χ1) is 12.3. The molecule has 0 unspecified atom stereocenters. The third-order valence-electron chi connectivity index (χ3n) is 3.93. The molecule has 0 bridgehead atoms. The minimum atomic E-state index is -4.22. The van der Waals surface area contributed by atoms with Crippen molar-refractivity contribution in [3.8, 4) is 5.69 Å². The van der Waals surface area contributed by atoms with Crippen molar-refractivity contribution < 1.29 is 18.0 Å². The van der Waals surface area contributed by atoms with E-state index in [4.69, 9.17) is 0 Å². The molecule has 0 saturated heterocycles. The van der Waals surface area contributed by atoms with Crippen LogP contribution in [0.3, 0.4) is 0 Å². The lowest BCUT2D eigenvalue weighted by atomic mass is 10.1. The molecule has 0 fully saturated rings. The number of carbonyl (C=O) groups is 1. The van der Waals surface area contributed by atoms with Gasteiger partial charge < -0.3 is 0 Å². The van der Waals surface area contributed by atoms with E-state index in [-0.39, 0.29) is 25.0 Å². The summed E-state index contributed by atoms with van der Waals surface area (Å²) in [6.07, 6.45) is -0.451. The number of Topliss-reactive ketones (excluding diaryl/α,β-unsaturated/α-hetero) is 1. The second-order valence-electron chi connectivity index (χ2n) is 6.13. The zero-order valence-corrected chi connectivity index (χ0v) is 14.1. The summed E-state index contributed by atoms with van der Waals surface area (Å²) in [6, 6.07) is 5.47. The van der Waals surface area contributed by atoms with Gasteiger partial charge in [0.25, 0.3) is 0 Å². The highest BCUT2D eigenvalue weighted by molar-refractivity contribution is 5.83. The monoisotopic (exact) mass is 362 g/mol. The number of aromatic nitrogens is 4. The molecule has 5 nitrogen and oxygen atoms in total. The Morgan fingerprint density at radius 1 is 1.19 bits per heavy atom. The Balaban J connectivity index is 1.71. The van der Waals surface area contributed by atoms with Crippen molar-refractivity contribution in [2.45, 2.75) is 38.8 Å². The molecule has 0 aliphatic rings. The van der Waals surface area contributed by atoms with E-state index in [1.807, 2.05) is 19.1 Å². The molecule has 0 aliphatic carbocycles. The molecule has 26 heavy (non-hydrogen) atoms. The lowest BCUT2D eigenvalue weighted by molar-refractivity contribution is -0.137. The van der Waals surface area contributed by atoms with E-state index in [9.17, 15) is 18.0 Å². The molecule has 0 radical (unpaired) electrons. The van der Waals surface area contributed by atoms with Crippen molar-refractivity contribution in [1.82, 2.24) is 19.7 Å². The standard InChI is InChI=1S/C18H17F3N4O/c1-12-7-15(4-6-22-12)25-17-11-23-14(8-13(17)10-24-25)9-16(26)3-2-5-18(19,20)21/h4,6-8,10-11H,2-3,5,9H2,1H3. The number of hydrogen-bond donors (Lipinski definition) is 0. The van der Waals surface area contributed by atoms with Crippen molar-refractivity contribution in [2.75, 3.05) is 0 Å². The lowest BCUT2D eigenvalue weighted by Crippen LogP contribution is -2.10. The van der Waals surface area contributed by atoms with Crippen LogP contribution in [-0.2, 0) is 11.2 Å². The first-order valence-corrected chi connectivity index (χ1v) is 8.16. The predicted octanol–water partition coefficient (Wildman–Crippen LogP) is 3.97. The summed E-state index contributed by atoms with van der Waals surface area (Å²) in [7, 11) is 0. The minimum absolute atomic E-state index is 0.0212. The molecule has 3 heterocycles. The fraction of sp³-hybridized carbons (Fsp3) is 0.333. The van der Waals surface area contributed by atoms with Gasteiger partial charge in [-0.05, 0) is 31.5 Å². The summed E-state index contributed by atoms with van der Waals surface area (Å²) in [6.45, 7) is 1.88. The fourth-order valence-corrected chi connectivity index (χ4v) is 2.71. The van der Waals surface area contributed by atoms with Gasteiger partial charge in [-0.3, -0.25) is 14.8 Å². The third-order valence-corrected chi connectivity index (χ3v) is 3.93. The minimum Gasteiger partial charge on any atom is -0.299 e. The van der Waals surface area contributed by atoms with Gasteiger partial charge in [0.1, 0.15) is 5.78 Å². The SMILES string of the molecule is Cc1cc(-n2ncc3cc(CC(=O)CCCC(F)(F)F)ncc32)ccn1. The van der Waals surface area contributed by atoms with Crippen molar-refractivity contribution in [3.05, 3.63) is 48.2 Å². The van der Waals surface area contributed by atoms with Crippen LogP contribution >= 0.6 is 0 Å². The average molecular weight is 362 g/mol. The number of hydrogen-bond acceptors (Lipinski definition) is 4.